The number of carbonyl (C=O) groups excluding carboxylic acids is 2. The summed E-state index contributed by atoms with van der Waals surface area (Å²) in [5, 5.41) is 2.59. The van der Waals surface area contributed by atoms with Crippen LogP contribution < -0.4 is 5.32 Å². The fourth-order valence-corrected chi connectivity index (χ4v) is 2.67. The molecular weight excluding hydrogens is 334 g/mol. The first-order valence-electron chi connectivity index (χ1n) is 8.72. The van der Waals surface area contributed by atoms with Crippen LogP contribution in [0.1, 0.15) is 38.3 Å². The average molecular weight is 361 g/mol. The van der Waals surface area contributed by atoms with Crippen LogP contribution >= 0.6 is 0 Å². The Kier molecular flexibility index (Phi) is 6.80. The van der Waals surface area contributed by atoms with Crippen LogP contribution in [0.5, 0.6) is 0 Å². The predicted octanol–water partition coefficient (Wildman–Crippen LogP) is 3.10. The molecule has 1 aliphatic rings. The SMILES string of the molecule is COC(=O)[C@H](Cc1ccc(C2=CCOCC2)cc1)NC(=O)OC(C)(C)C. The smallest absolute Gasteiger partial charge is 0.408 e. The first kappa shape index (κ1) is 20.0. The van der Waals surface area contributed by atoms with E-state index in [0.29, 0.717) is 13.0 Å². The summed E-state index contributed by atoms with van der Waals surface area (Å²) < 4.78 is 15.4. The number of nitrogens with one attached hydrogen (secondary N) is 1. The summed E-state index contributed by atoms with van der Waals surface area (Å²) in [4.78, 5) is 24.0. The number of rotatable bonds is 5. The molecule has 0 spiro atoms. The van der Waals surface area contributed by atoms with Gasteiger partial charge in [0, 0.05) is 6.42 Å². The highest BCUT2D eigenvalue weighted by molar-refractivity contribution is 5.81. The van der Waals surface area contributed by atoms with Crippen molar-refractivity contribution in [2.24, 2.45) is 0 Å². The number of benzene rings is 1. The van der Waals surface area contributed by atoms with Crippen LogP contribution in [-0.2, 0) is 25.4 Å². The summed E-state index contributed by atoms with van der Waals surface area (Å²) >= 11 is 0. The Morgan fingerprint density at radius 2 is 1.92 bits per heavy atom. The number of alkyl carbamates (subject to hydrolysis) is 1. The lowest BCUT2D eigenvalue weighted by Crippen LogP contribution is -2.45. The second-order valence-corrected chi connectivity index (χ2v) is 7.18. The Bertz CT molecular complexity index is 658. The van der Waals surface area contributed by atoms with Gasteiger partial charge in [0.25, 0.3) is 0 Å². The first-order chi connectivity index (χ1) is 12.3. The van der Waals surface area contributed by atoms with Gasteiger partial charge in [-0.05, 0) is 43.9 Å². The number of esters is 1. The van der Waals surface area contributed by atoms with Crippen molar-refractivity contribution in [3.63, 3.8) is 0 Å². The molecule has 0 saturated heterocycles. The third-order valence-corrected chi connectivity index (χ3v) is 3.90. The fraction of sp³-hybridized carbons (Fsp3) is 0.500. The molecule has 1 amide bonds. The quantitative estimate of drug-likeness (QED) is 0.816. The van der Waals surface area contributed by atoms with Crippen LogP contribution in [0.4, 0.5) is 4.79 Å². The minimum atomic E-state index is -0.803. The third-order valence-electron chi connectivity index (χ3n) is 3.90. The molecule has 0 aliphatic carbocycles. The maximum atomic E-state index is 12.0. The molecule has 0 aromatic heterocycles. The summed E-state index contributed by atoms with van der Waals surface area (Å²) in [5.74, 6) is -0.507. The molecule has 1 N–H and O–H groups in total. The summed E-state index contributed by atoms with van der Waals surface area (Å²) in [7, 11) is 1.30. The molecule has 2 rings (SSSR count). The van der Waals surface area contributed by atoms with Gasteiger partial charge in [-0.1, -0.05) is 30.3 Å². The van der Waals surface area contributed by atoms with Gasteiger partial charge in [0.1, 0.15) is 11.6 Å². The summed E-state index contributed by atoms with van der Waals surface area (Å²) in [6.45, 7) is 6.68. The summed E-state index contributed by atoms with van der Waals surface area (Å²) in [6, 6.07) is 7.15. The molecule has 0 fully saturated rings. The number of hydrogen-bond donors (Lipinski definition) is 1. The van der Waals surface area contributed by atoms with Crippen LogP contribution in [0.2, 0.25) is 0 Å². The molecule has 6 heteroatoms. The molecule has 0 saturated carbocycles. The van der Waals surface area contributed by atoms with E-state index in [1.54, 1.807) is 20.8 Å². The van der Waals surface area contributed by atoms with E-state index in [-0.39, 0.29) is 0 Å². The van der Waals surface area contributed by atoms with Crippen molar-refractivity contribution in [2.45, 2.75) is 45.3 Å². The largest absolute Gasteiger partial charge is 0.467 e. The van der Waals surface area contributed by atoms with E-state index in [2.05, 4.69) is 11.4 Å². The molecule has 0 unspecified atom stereocenters. The molecule has 142 valence electrons. The van der Waals surface area contributed by atoms with Gasteiger partial charge in [-0.25, -0.2) is 9.59 Å². The fourth-order valence-electron chi connectivity index (χ4n) is 2.67. The summed E-state index contributed by atoms with van der Waals surface area (Å²) in [6.07, 6.45) is 2.66. The van der Waals surface area contributed by atoms with Gasteiger partial charge in [-0.2, -0.15) is 0 Å². The van der Waals surface area contributed by atoms with Crippen molar-refractivity contribution in [1.82, 2.24) is 5.32 Å². The number of carbonyl (C=O) groups is 2. The Labute approximate surface area is 154 Å². The van der Waals surface area contributed by atoms with E-state index in [4.69, 9.17) is 14.2 Å². The predicted molar refractivity (Wildman–Crippen MR) is 98.7 cm³/mol. The molecule has 0 radical (unpaired) electrons. The zero-order chi connectivity index (χ0) is 19.2. The van der Waals surface area contributed by atoms with E-state index in [1.807, 2.05) is 24.3 Å². The lowest BCUT2D eigenvalue weighted by Gasteiger charge is -2.22. The van der Waals surface area contributed by atoms with Crippen LogP contribution in [0, 0.1) is 0 Å². The Hall–Kier alpha value is -2.34. The maximum Gasteiger partial charge on any atom is 0.408 e. The molecule has 0 bridgehead atoms. The minimum Gasteiger partial charge on any atom is -0.467 e. The van der Waals surface area contributed by atoms with Crippen molar-refractivity contribution in [2.75, 3.05) is 20.3 Å². The van der Waals surface area contributed by atoms with Gasteiger partial charge in [0.05, 0.1) is 20.3 Å². The van der Waals surface area contributed by atoms with Gasteiger partial charge in [-0.15, -0.1) is 0 Å². The molecular formula is C20H27NO5. The first-order valence-corrected chi connectivity index (χ1v) is 8.72. The zero-order valence-electron chi connectivity index (χ0n) is 15.8. The van der Waals surface area contributed by atoms with Crippen molar-refractivity contribution < 1.29 is 23.8 Å². The topological polar surface area (TPSA) is 73.9 Å². The minimum absolute atomic E-state index is 0.328. The highest BCUT2D eigenvalue weighted by Crippen LogP contribution is 2.22. The lowest BCUT2D eigenvalue weighted by molar-refractivity contribution is -0.143. The maximum absolute atomic E-state index is 12.0. The van der Waals surface area contributed by atoms with E-state index in [9.17, 15) is 9.59 Å². The lowest BCUT2D eigenvalue weighted by atomic mass is 9.98. The summed E-state index contributed by atoms with van der Waals surface area (Å²) in [5.41, 5.74) is 2.70. The Balaban J connectivity index is 2.04. The van der Waals surface area contributed by atoms with Crippen LogP contribution in [0.15, 0.2) is 30.3 Å². The van der Waals surface area contributed by atoms with Gasteiger partial charge < -0.3 is 19.5 Å². The van der Waals surface area contributed by atoms with E-state index in [1.165, 1.54) is 12.7 Å². The molecule has 1 aliphatic heterocycles. The normalized spacial score (nSPS) is 15.6. The molecule has 1 aromatic rings. The third kappa shape index (κ3) is 6.19. The van der Waals surface area contributed by atoms with Gasteiger partial charge in [-0.3, -0.25) is 0 Å². The van der Waals surface area contributed by atoms with Crippen molar-refractivity contribution in [3.05, 3.63) is 41.5 Å². The standard InChI is InChI=1S/C20H27NO5/c1-20(2,3)26-19(23)21-17(18(22)24-4)13-14-5-7-15(8-6-14)16-9-11-25-12-10-16/h5-9,17H,10-13H2,1-4H3,(H,21,23)/t17-/m0/s1. The van der Waals surface area contributed by atoms with Crippen LogP contribution in [0.3, 0.4) is 0 Å². The number of methoxy groups -OCH3 is 1. The molecule has 26 heavy (non-hydrogen) atoms. The number of amides is 1. The van der Waals surface area contributed by atoms with Gasteiger partial charge in [0.15, 0.2) is 0 Å². The van der Waals surface area contributed by atoms with Gasteiger partial charge in [0.2, 0.25) is 0 Å². The Morgan fingerprint density at radius 1 is 1.23 bits per heavy atom. The highest BCUT2D eigenvalue weighted by Gasteiger charge is 2.25. The van der Waals surface area contributed by atoms with Crippen molar-refractivity contribution in [3.8, 4) is 0 Å². The van der Waals surface area contributed by atoms with Crippen LogP contribution in [-0.4, -0.2) is 44.0 Å². The Morgan fingerprint density at radius 3 is 2.46 bits per heavy atom. The molecule has 1 heterocycles. The average Bonchev–Trinajstić information content (AvgIpc) is 2.60. The van der Waals surface area contributed by atoms with Crippen molar-refractivity contribution in [1.29, 1.82) is 0 Å². The highest BCUT2D eigenvalue weighted by atomic mass is 16.6. The molecule has 1 aromatic carbocycles. The van der Waals surface area contributed by atoms with Crippen LogP contribution in [0.25, 0.3) is 5.57 Å². The zero-order valence-corrected chi connectivity index (χ0v) is 15.8. The van der Waals surface area contributed by atoms with E-state index >= 15 is 0 Å². The number of ether oxygens (including phenoxy) is 3. The molecule has 6 nitrogen and oxygen atoms in total. The second-order valence-electron chi connectivity index (χ2n) is 7.18. The van der Waals surface area contributed by atoms with Gasteiger partial charge >= 0.3 is 12.1 Å². The monoisotopic (exact) mass is 361 g/mol. The van der Waals surface area contributed by atoms with E-state index < -0.39 is 23.7 Å². The van der Waals surface area contributed by atoms with E-state index in [0.717, 1.165) is 24.2 Å². The molecule has 1 atom stereocenters. The number of hydrogen-bond acceptors (Lipinski definition) is 5. The van der Waals surface area contributed by atoms with Crippen molar-refractivity contribution >= 4 is 17.6 Å². The second kappa shape index (κ2) is 8.85.